The molecule has 4 atom stereocenters. The van der Waals surface area contributed by atoms with E-state index in [0.717, 1.165) is 64.8 Å². The Morgan fingerprint density at radius 1 is 0.942 bits per heavy atom. The zero-order chi connectivity index (χ0) is 36.5. The lowest BCUT2D eigenvalue weighted by Gasteiger charge is -2.44. The lowest BCUT2D eigenvalue weighted by Crippen LogP contribution is -2.56. The van der Waals surface area contributed by atoms with E-state index < -0.39 is 5.97 Å². The van der Waals surface area contributed by atoms with Crippen molar-refractivity contribution in [1.29, 1.82) is 0 Å². The van der Waals surface area contributed by atoms with Crippen molar-refractivity contribution < 1.29 is 28.9 Å². The largest absolute Gasteiger partial charge is 0.481 e. The van der Waals surface area contributed by atoms with Gasteiger partial charge in [-0.05, 0) is 67.5 Å². The average Bonchev–Trinajstić information content (AvgIpc) is 3.76. The number of aromatic nitrogens is 2. The maximum absolute atomic E-state index is 11.6. The van der Waals surface area contributed by atoms with Crippen molar-refractivity contribution in [3.63, 3.8) is 0 Å². The number of methoxy groups -OCH3 is 2. The van der Waals surface area contributed by atoms with Gasteiger partial charge in [0.15, 0.2) is 0 Å². The molecule has 4 aromatic rings. The minimum Gasteiger partial charge on any atom is -0.481 e. The highest BCUT2D eigenvalue weighted by molar-refractivity contribution is 6.36. The van der Waals surface area contributed by atoms with E-state index in [9.17, 15) is 14.7 Å². The minimum absolute atomic E-state index is 0.0937. The van der Waals surface area contributed by atoms with Gasteiger partial charge in [-0.25, -0.2) is 4.98 Å². The van der Waals surface area contributed by atoms with E-state index in [2.05, 4.69) is 27.3 Å². The van der Waals surface area contributed by atoms with Crippen molar-refractivity contribution in [1.82, 2.24) is 20.2 Å². The number of nitrogens with zero attached hydrogens (tertiary/aromatic N) is 3. The number of hydrogen-bond acceptors (Lipinski definition) is 9. The van der Waals surface area contributed by atoms with Gasteiger partial charge in [-0.2, -0.15) is 4.98 Å². The molecule has 272 valence electrons. The van der Waals surface area contributed by atoms with Gasteiger partial charge in [0, 0.05) is 60.8 Å². The van der Waals surface area contributed by atoms with E-state index in [1.807, 2.05) is 43.3 Å². The summed E-state index contributed by atoms with van der Waals surface area (Å²) in [6.45, 7) is 4.23. The summed E-state index contributed by atoms with van der Waals surface area (Å²) in [6.07, 6.45) is 3.53. The molecule has 0 amide bonds. The number of carboxylic acid groups (broad SMARTS) is 1. The van der Waals surface area contributed by atoms with Crippen LogP contribution in [0.3, 0.4) is 0 Å². The molecule has 2 aromatic heterocycles. The highest BCUT2D eigenvalue weighted by Gasteiger charge is 2.41. The summed E-state index contributed by atoms with van der Waals surface area (Å²) in [4.78, 5) is 34.6. The van der Waals surface area contributed by atoms with Gasteiger partial charge in [-0.1, -0.05) is 65.7 Å². The fourth-order valence-corrected chi connectivity index (χ4v) is 8.28. The molecule has 2 aliphatic carbocycles. The van der Waals surface area contributed by atoms with Crippen molar-refractivity contribution in [2.75, 3.05) is 27.3 Å². The molecular formula is C40H42Cl2N4O6. The highest BCUT2D eigenvalue weighted by atomic mass is 35.5. The molecule has 2 aromatic carbocycles. The second kappa shape index (κ2) is 15.4. The molecule has 3 heterocycles. The fourth-order valence-electron chi connectivity index (χ4n) is 7.74. The molecule has 0 spiro atoms. The Kier molecular flexibility index (Phi) is 10.7. The van der Waals surface area contributed by atoms with Crippen LogP contribution < -0.4 is 19.5 Å². The van der Waals surface area contributed by atoms with Gasteiger partial charge in [0.25, 0.3) is 0 Å². The van der Waals surface area contributed by atoms with Gasteiger partial charge < -0.3 is 24.6 Å². The van der Waals surface area contributed by atoms with Gasteiger partial charge in [-0.3, -0.25) is 14.5 Å². The molecule has 0 radical (unpaired) electrons. The summed E-state index contributed by atoms with van der Waals surface area (Å²) in [7, 11) is 3.17. The van der Waals surface area contributed by atoms with E-state index in [-0.39, 0.29) is 23.9 Å². The summed E-state index contributed by atoms with van der Waals surface area (Å²) >= 11 is 13.9. The van der Waals surface area contributed by atoms with Crippen LogP contribution in [0.15, 0.2) is 54.6 Å². The van der Waals surface area contributed by atoms with Crippen LogP contribution in [0.5, 0.6) is 17.6 Å². The number of benzene rings is 2. The first-order chi connectivity index (χ1) is 25.1. The molecule has 3 aliphatic rings. The lowest BCUT2D eigenvalue weighted by molar-refractivity contribution is -0.152. The summed E-state index contributed by atoms with van der Waals surface area (Å²) in [5.41, 5.74) is 7.37. The van der Waals surface area contributed by atoms with Crippen LogP contribution in [0.2, 0.25) is 10.0 Å². The number of carbonyl (C=O) groups is 2. The van der Waals surface area contributed by atoms with Crippen LogP contribution in [0.25, 0.3) is 22.4 Å². The minimum atomic E-state index is -0.784. The zero-order valence-electron chi connectivity index (χ0n) is 29.5. The Hall–Kier alpha value is -4.22. The normalized spacial score (nSPS) is 21.1. The number of nitrogens with one attached hydrogen (secondary N) is 1. The molecule has 2 fully saturated rings. The van der Waals surface area contributed by atoms with Crippen LogP contribution in [-0.2, 0) is 29.1 Å². The van der Waals surface area contributed by atoms with Gasteiger partial charge in [0.2, 0.25) is 17.6 Å². The number of carboxylic acids is 1. The van der Waals surface area contributed by atoms with Crippen LogP contribution in [0, 0.1) is 11.8 Å². The van der Waals surface area contributed by atoms with Gasteiger partial charge in [0.1, 0.15) is 16.9 Å². The predicted molar refractivity (Wildman–Crippen MR) is 199 cm³/mol. The number of pyridine rings is 2. The number of Topliss-reactive ketones (excluding diaryl/α,β-unsaturated/α-hetero) is 1. The summed E-state index contributed by atoms with van der Waals surface area (Å²) in [6, 6.07) is 17.8. The standard InChI is InChI=1S/C40H42Cl2N4O6/c1-22-32(40(48)49)21-46(22)20-25-17-33(41)39(45-38(25)51-3)52-35-15-13-28-27(6-4-7-29(28)35)30-8-5-9-31(36(30)42)34-14-11-24(37(44-34)50-2)19-43-18-23-10-12-26(47)16-23/h4-9,11,14,17,22-23,32,35,43H,10,12-13,15-16,18-21H2,1-3H3,(H,48,49)/t22?,23-,32?,35+/m1/s1. The molecule has 52 heavy (non-hydrogen) atoms. The molecule has 1 aliphatic heterocycles. The predicted octanol–water partition coefficient (Wildman–Crippen LogP) is 7.56. The molecule has 7 rings (SSSR count). The van der Waals surface area contributed by atoms with Crippen molar-refractivity contribution >= 4 is 35.0 Å². The summed E-state index contributed by atoms with van der Waals surface area (Å²) in [5, 5.41) is 13.8. The summed E-state index contributed by atoms with van der Waals surface area (Å²) in [5.74, 6) is 0.793. The molecule has 12 heteroatoms. The number of halogens is 2. The van der Waals surface area contributed by atoms with Crippen LogP contribution in [0.1, 0.15) is 61.0 Å². The van der Waals surface area contributed by atoms with Gasteiger partial charge >= 0.3 is 5.97 Å². The van der Waals surface area contributed by atoms with Crippen molar-refractivity contribution in [2.45, 2.75) is 64.3 Å². The number of carbonyl (C=O) groups excluding carboxylic acids is 1. The third-order valence-corrected chi connectivity index (χ3v) is 11.4. The Morgan fingerprint density at radius 3 is 2.42 bits per heavy atom. The third kappa shape index (κ3) is 7.22. The number of aliphatic carboxylic acids is 1. The second-order valence-corrected chi connectivity index (χ2v) is 14.7. The highest BCUT2D eigenvalue weighted by Crippen LogP contribution is 2.45. The number of hydrogen-bond donors (Lipinski definition) is 2. The smallest absolute Gasteiger partial charge is 0.309 e. The van der Waals surface area contributed by atoms with E-state index in [1.54, 1.807) is 20.3 Å². The Labute approximate surface area is 313 Å². The van der Waals surface area contributed by atoms with Crippen LogP contribution >= 0.6 is 23.2 Å². The number of likely N-dealkylation sites (tertiary alicyclic amines) is 1. The maximum atomic E-state index is 11.6. The number of fused-ring (bicyclic) bond motifs is 1. The molecule has 0 bridgehead atoms. The number of rotatable bonds is 13. The van der Waals surface area contributed by atoms with E-state index in [0.29, 0.717) is 71.7 Å². The Balaban J connectivity index is 1.08. The maximum Gasteiger partial charge on any atom is 0.309 e. The number of ketones is 1. The molecule has 1 saturated heterocycles. The van der Waals surface area contributed by atoms with Crippen LogP contribution in [0.4, 0.5) is 0 Å². The van der Waals surface area contributed by atoms with Gasteiger partial charge in [0.05, 0.1) is 30.9 Å². The third-order valence-electron chi connectivity index (χ3n) is 10.7. The molecule has 10 nitrogen and oxygen atoms in total. The molecule has 2 N–H and O–H groups in total. The van der Waals surface area contributed by atoms with E-state index in [4.69, 9.17) is 42.4 Å². The van der Waals surface area contributed by atoms with Crippen molar-refractivity contribution in [2.24, 2.45) is 11.8 Å². The van der Waals surface area contributed by atoms with Crippen molar-refractivity contribution in [3.8, 4) is 40.0 Å². The monoisotopic (exact) mass is 744 g/mol. The van der Waals surface area contributed by atoms with Crippen molar-refractivity contribution in [3.05, 3.63) is 86.9 Å². The fraction of sp³-hybridized carbons (Fsp3) is 0.400. The zero-order valence-corrected chi connectivity index (χ0v) is 31.0. The first kappa shape index (κ1) is 36.2. The molecular weight excluding hydrogens is 703 g/mol. The SMILES string of the molecule is COc1nc(-c2cccc(-c3cccc4c3CC[C@@H]4Oc3nc(OC)c(CN4CC(C(=O)O)C4C)cc3Cl)c2Cl)ccc1CNC[C@@H]1CCC(=O)C1. The topological polar surface area (TPSA) is 123 Å². The van der Waals surface area contributed by atoms with Crippen LogP contribution in [-0.4, -0.2) is 65.1 Å². The second-order valence-electron chi connectivity index (χ2n) is 13.9. The molecule has 2 unspecified atom stereocenters. The van der Waals surface area contributed by atoms with Gasteiger partial charge in [-0.15, -0.1) is 0 Å². The first-order valence-corrected chi connectivity index (χ1v) is 18.4. The average molecular weight is 746 g/mol. The lowest BCUT2D eigenvalue weighted by atomic mass is 9.89. The van der Waals surface area contributed by atoms with E-state index >= 15 is 0 Å². The number of ether oxygens (including phenoxy) is 3. The Morgan fingerprint density at radius 2 is 1.69 bits per heavy atom. The Bertz CT molecular complexity index is 2010. The molecule has 1 saturated carbocycles. The van der Waals surface area contributed by atoms with E-state index in [1.165, 1.54) is 0 Å². The first-order valence-electron chi connectivity index (χ1n) is 17.7. The summed E-state index contributed by atoms with van der Waals surface area (Å²) < 4.78 is 17.8. The quantitative estimate of drug-likeness (QED) is 0.142.